The second kappa shape index (κ2) is 6.00. The van der Waals surface area contributed by atoms with Crippen molar-refractivity contribution in [2.75, 3.05) is 14.1 Å². The van der Waals surface area contributed by atoms with Gasteiger partial charge in [0.1, 0.15) is 5.15 Å². The molecular formula is C9H12ClN5O2. The summed E-state index contributed by atoms with van der Waals surface area (Å²) in [6, 6.07) is 3.46. The molecule has 1 heterocycles. The van der Waals surface area contributed by atoms with Gasteiger partial charge < -0.3 is 4.90 Å². The van der Waals surface area contributed by atoms with Crippen LogP contribution in [0.4, 0.5) is 0 Å². The average Bonchev–Trinajstić information content (AvgIpc) is 2.28. The summed E-state index contributed by atoms with van der Waals surface area (Å²) in [7, 11) is 3.16. The Morgan fingerprint density at radius 2 is 2.41 bits per heavy atom. The number of hydrogen-bond acceptors (Lipinski definition) is 4. The molecule has 1 rings (SSSR count). The van der Waals surface area contributed by atoms with Crippen LogP contribution in [0, 0.1) is 10.1 Å². The fourth-order valence-electron chi connectivity index (χ4n) is 1.24. The van der Waals surface area contributed by atoms with Crippen LogP contribution >= 0.6 is 11.6 Å². The second-order valence-corrected chi connectivity index (χ2v) is 3.65. The molecule has 0 fully saturated rings. The summed E-state index contributed by atoms with van der Waals surface area (Å²) in [5.41, 5.74) is 2.89. The minimum atomic E-state index is -0.654. The number of nitrogens with one attached hydrogen (secondary N) is 1. The number of guanidine groups is 1. The van der Waals surface area contributed by atoms with Crippen molar-refractivity contribution < 1.29 is 5.03 Å². The lowest BCUT2D eigenvalue weighted by atomic mass is 10.3. The van der Waals surface area contributed by atoms with Crippen LogP contribution in [0.2, 0.25) is 5.15 Å². The monoisotopic (exact) mass is 257 g/mol. The van der Waals surface area contributed by atoms with E-state index in [9.17, 15) is 10.1 Å². The van der Waals surface area contributed by atoms with Crippen molar-refractivity contribution in [1.82, 2.24) is 15.3 Å². The molecule has 0 bridgehead atoms. The van der Waals surface area contributed by atoms with E-state index in [4.69, 9.17) is 11.6 Å². The lowest BCUT2D eigenvalue weighted by Crippen LogP contribution is -2.41. The zero-order chi connectivity index (χ0) is 12.8. The van der Waals surface area contributed by atoms with Crippen molar-refractivity contribution in [1.29, 1.82) is 0 Å². The highest BCUT2D eigenvalue weighted by atomic mass is 35.5. The molecule has 0 spiro atoms. The predicted octanol–water partition coefficient (Wildman–Crippen LogP) is 0.934. The van der Waals surface area contributed by atoms with E-state index < -0.39 is 5.03 Å². The fourth-order valence-corrected chi connectivity index (χ4v) is 1.35. The third kappa shape index (κ3) is 4.23. The number of nitrogens with zero attached hydrogens (tertiary/aromatic N) is 4. The third-order valence-electron chi connectivity index (χ3n) is 1.97. The first-order chi connectivity index (χ1) is 8.02. The molecule has 0 unspecified atom stereocenters. The summed E-state index contributed by atoms with van der Waals surface area (Å²) < 4.78 is 0. The van der Waals surface area contributed by atoms with Gasteiger partial charge in [0.05, 0.1) is 0 Å². The molecule has 1 N–H and O–H groups in total. The van der Waals surface area contributed by atoms with Gasteiger partial charge in [-0.3, -0.25) is 4.99 Å². The largest absolute Gasteiger partial charge is 0.337 e. The lowest BCUT2D eigenvalue weighted by Gasteiger charge is -2.17. The fraction of sp³-hybridized carbons (Fsp3) is 0.333. The van der Waals surface area contributed by atoms with E-state index in [-0.39, 0.29) is 5.96 Å². The minimum absolute atomic E-state index is 0.171. The first-order valence-electron chi connectivity index (χ1n) is 4.72. The molecule has 1 aromatic rings. The molecule has 0 aliphatic carbocycles. The van der Waals surface area contributed by atoms with Crippen LogP contribution in [-0.2, 0) is 6.54 Å². The molecule has 0 amide bonds. The Morgan fingerprint density at radius 3 is 2.88 bits per heavy atom. The Kier molecular flexibility index (Phi) is 4.65. The Bertz CT molecular complexity index is 420. The lowest BCUT2D eigenvalue weighted by molar-refractivity contribution is -0.526. The number of halogens is 1. The van der Waals surface area contributed by atoms with Crippen molar-refractivity contribution in [3.63, 3.8) is 0 Å². The van der Waals surface area contributed by atoms with E-state index >= 15 is 0 Å². The van der Waals surface area contributed by atoms with Crippen molar-refractivity contribution >= 4 is 17.6 Å². The topological polar surface area (TPSA) is 83.7 Å². The maximum absolute atomic E-state index is 10.3. The Hall–Kier alpha value is -1.89. The first kappa shape index (κ1) is 13.2. The average molecular weight is 258 g/mol. The van der Waals surface area contributed by atoms with Crippen molar-refractivity contribution in [2.45, 2.75) is 6.54 Å². The molecule has 0 radical (unpaired) electrons. The minimum Gasteiger partial charge on any atom is -0.337 e. The van der Waals surface area contributed by atoms with E-state index in [1.54, 1.807) is 30.3 Å². The van der Waals surface area contributed by atoms with Crippen molar-refractivity contribution in [2.24, 2.45) is 4.99 Å². The van der Waals surface area contributed by atoms with Gasteiger partial charge in [-0.05, 0) is 11.6 Å². The van der Waals surface area contributed by atoms with E-state index in [2.05, 4.69) is 9.98 Å². The number of hydrogen-bond donors (Lipinski definition) is 1. The Morgan fingerprint density at radius 1 is 1.71 bits per heavy atom. The maximum atomic E-state index is 10.3. The van der Waals surface area contributed by atoms with Gasteiger partial charge in [-0.25, -0.2) is 15.1 Å². The van der Waals surface area contributed by atoms with Crippen LogP contribution in [0.1, 0.15) is 5.56 Å². The molecule has 0 aromatic carbocycles. The standard InChI is InChI=1S/C9H12ClN5O2/c1-11-9(13-15(16)17)14(2)6-7-3-4-8(10)12-5-7/h3-5H,6H2,1-2H3,(H,11,13). The second-order valence-electron chi connectivity index (χ2n) is 3.26. The smallest absolute Gasteiger partial charge is 0.256 e. The van der Waals surface area contributed by atoms with Gasteiger partial charge in [0.15, 0.2) is 5.03 Å². The van der Waals surface area contributed by atoms with E-state index in [1.807, 2.05) is 5.43 Å². The van der Waals surface area contributed by atoms with Gasteiger partial charge in [-0.15, -0.1) is 0 Å². The number of aromatic nitrogens is 1. The molecular weight excluding hydrogens is 246 g/mol. The predicted molar refractivity (Wildman–Crippen MR) is 64.2 cm³/mol. The number of nitro groups is 1. The van der Waals surface area contributed by atoms with Gasteiger partial charge >= 0.3 is 0 Å². The molecule has 0 aliphatic heterocycles. The zero-order valence-electron chi connectivity index (χ0n) is 9.42. The van der Waals surface area contributed by atoms with Crippen molar-refractivity contribution in [3.05, 3.63) is 39.2 Å². The summed E-state index contributed by atoms with van der Waals surface area (Å²) >= 11 is 5.66. The van der Waals surface area contributed by atoms with Crippen LogP contribution in [0.15, 0.2) is 23.3 Å². The van der Waals surface area contributed by atoms with E-state index in [0.29, 0.717) is 11.7 Å². The van der Waals surface area contributed by atoms with Crippen molar-refractivity contribution in [3.8, 4) is 0 Å². The highest BCUT2D eigenvalue weighted by molar-refractivity contribution is 6.29. The molecule has 0 saturated carbocycles. The number of aliphatic imine (C=N–C) groups is 1. The van der Waals surface area contributed by atoms with Crippen LogP contribution in [0.5, 0.6) is 0 Å². The molecule has 17 heavy (non-hydrogen) atoms. The summed E-state index contributed by atoms with van der Waals surface area (Å²) in [6.45, 7) is 0.442. The SMILES string of the molecule is CN=C(N[N+](=O)[O-])N(C)Cc1ccc(Cl)nc1. The normalized spacial score (nSPS) is 11.1. The highest BCUT2D eigenvalue weighted by Gasteiger charge is 2.11. The third-order valence-corrected chi connectivity index (χ3v) is 2.20. The van der Waals surface area contributed by atoms with Gasteiger partial charge in [0.25, 0.3) is 5.96 Å². The van der Waals surface area contributed by atoms with Crippen LogP contribution in [0.3, 0.4) is 0 Å². The molecule has 7 nitrogen and oxygen atoms in total. The Labute approximate surface area is 103 Å². The quantitative estimate of drug-likeness (QED) is 0.286. The molecule has 8 heteroatoms. The summed E-state index contributed by atoms with van der Waals surface area (Å²) in [4.78, 5) is 19.6. The molecule has 92 valence electrons. The summed E-state index contributed by atoms with van der Waals surface area (Å²) in [6.07, 6.45) is 1.61. The van der Waals surface area contributed by atoms with Gasteiger partial charge in [0.2, 0.25) is 0 Å². The molecule has 1 aromatic heterocycles. The van der Waals surface area contributed by atoms with Crippen LogP contribution in [0.25, 0.3) is 0 Å². The zero-order valence-corrected chi connectivity index (χ0v) is 10.2. The molecule has 0 aliphatic rings. The van der Waals surface area contributed by atoms with E-state index in [0.717, 1.165) is 5.56 Å². The van der Waals surface area contributed by atoms with Gasteiger partial charge in [-0.1, -0.05) is 23.1 Å². The van der Waals surface area contributed by atoms with Crippen LogP contribution in [-0.4, -0.2) is 35.0 Å². The summed E-state index contributed by atoms with van der Waals surface area (Å²) in [5.74, 6) is 0.171. The molecule has 0 atom stereocenters. The highest BCUT2D eigenvalue weighted by Crippen LogP contribution is 2.07. The van der Waals surface area contributed by atoms with Gasteiger partial charge in [-0.2, -0.15) is 0 Å². The number of pyridine rings is 1. The number of hydrazine groups is 1. The Balaban J connectivity index is 2.67. The van der Waals surface area contributed by atoms with Crippen LogP contribution < -0.4 is 5.43 Å². The van der Waals surface area contributed by atoms with Gasteiger partial charge in [0, 0.05) is 26.8 Å². The summed E-state index contributed by atoms with van der Waals surface area (Å²) in [5, 5.41) is 10.1. The maximum Gasteiger partial charge on any atom is 0.256 e. The molecule has 0 saturated heterocycles. The first-order valence-corrected chi connectivity index (χ1v) is 5.10. The van der Waals surface area contributed by atoms with E-state index in [1.165, 1.54) is 7.05 Å². The number of rotatable bonds is 3.